The minimum absolute atomic E-state index is 0.274. The lowest BCUT2D eigenvalue weighted by Crippen LogP contribution is -2.59. The minimum Gasteiger partial charge on any atom is -0.375 e. The van der Waals surface area contributed by atoms with Gasteiger partial charge in [0.15, 0.2) is 0 Å². The van der Waals surface area contributed by atoms with E-state index < -0.39 is 0 Å². The molecule has 1 N–H and O–H groups in total. The Labute approximate surface area is 98.9 Å². The van der Waals surface area contributed by atoms with Gasteiger partial charge in [-0.3, -0.25) is 0 Å². The Morgan fingerprint density at radius 3 is 2.62 bits per heavy atom. The number of likely N-dealkylation sites (N-methyl/N-ethyl adjacent to an activating group) is 1. The van der Waals surface area contributed by atoms with E-state index in [9.17, 15) is 0 Å². The first kappa shape index (κ1) is 12.3. The first-order valence-corrected chi connectivity index (χ1v) is 6.75. The van der Waals surface area contributed by atoms with Crippen LogP contribution >= 0.6 is 0 Å². The number of hydrogen-bond acceptors (Lipinski definition) is 3. The van der Waals surface area contributed by atoms with Gasteiger partial charge in [-0.2, -0.15) is 0 Å². The third-order valence-corrected chi connectivity index (χ3v) is 4.06. The van der Waals surface area contributed by atoms with E-state index in [0.717, 1.165) is 25.6 Å². The fraction of sp³-hybridized carbons (Fsp3) is 1.00. The molecule has 0 aromatic heterocycles. The summed E-state index contributed by atoms with van der Waals surface area (Å²) >= 11 is 0. The summed E-state index contributed by atoms with van der Waals surface area (Å²) in [5, 5.41) is 3.28. The second kappa shape index (κ2) is 5.99. The van der Waals surface area contributed by atoms with Crippen LogP contribution in [0.25, 0.3) is 0 Å². The zero-order valence-corrected chi connectivity index (χ0v) is 10.6. The topological polar surface area (TPSA) is 30.5 Å². The van der Waals surface area contributed by atoms with Gasteiger partial charge >= 0.3 is 0 Å². The largest absolute Gasteiger partial charge is 0.375 e. The highest BCUT2D eigenvalue weighted by Crippen LogP contribution is 2.31. The van der Waals surface area contributed by atoms with Crippen LogP contribution in [0.3, 0.4) is 0 Å². The van der Waals surface area contributed by atoms with Crippen LogP contribution in [-0.4, -0.2) is 38.5 Å². The highest BCUT2D eigenvalue weighted by molar-refractivity contribution is 4.96. The van der Waals surface area contributed by atoms with Crippen molar-refractivity contribution in [2.45, 2.75) is 57.3 Å². The van der Waals surface area contributed by atoms with Gasteiger partial charge in [0.25, 0.3) is 0 Å². The van der Waals surface area contributed by atoms with E-state index >= 15 is 0 Å². The zero-order valence-electron chi connectivity index (χ0n) is 10.6. The molecular formula is C13H25NO2. The summed E-state index contributed by atoms with van der Waals surface area (Å²) in [5.41, 5.74) is 0. The molecule has 2 aliphatic rings. The number of nitrogens with one attached hydrogen (secondary N) is 1. The van der Waals surface area contributed by atoms with Crippen molar-refractivity contribution in [3.8, 4) is 0 Å². The van der Waals surface area contributed by atoms with E-state index in [2.05, 4.69) is 12.2 Å². The molecule has 0 aromatic rings. The maximum Gasteiger partial charge on any atom is 0.0990 e. The van der Waals surface area contributed by atoms with Crippen molar-refractivity contribution in [2.75, 3.05) is 20.3 Å². The summed E-state index contributed by atoms with van der Waals surface area (Å²) in [5.74, 6) is 0.950. The number of ether oxygens (including phenoxy) is 2. The smallest absolute Gasteiger partial charge is 0.0990 e. The van der Waals surface area contributed by atoms with Gasteiger partial charge < -0.3 is 14.8 Å². The molecule has 94 valence electrons. The normalized spacial score (nSPS) is 34.5. The molecule has 3 heteroatoms. The van der Waals surface area contributed by atoms with Crippen molar-refractivity contribution >= 4 is 0 Å². The van der Waals surface area contributed by atoms with Gasteiger partial charge in [-0.25, -0.2) is 0 Å². The molecule has 3 nitrogen and oxygen atoms in total. The Kier molecular flexibility index (Phi) is 4.62. The number of rotatable bonds is 7. The van der Waals surface area contributed by atoms with Gasteiger partial charge in [-0.05, 0) is 32.7 Å². The predicted molar refractivity (Wildman–Crippen MR) is 64.6 cm³/mol. The van der Waals surface area contributed by atoms with Crippen LogP contribution in [0.2, 0.25) is 0 Å². The van der Waals surface area contributed by atoms with E-state index in [1.54, 1.807) is 0 Å². The lowest BCUT2D eigenvalue weighted by molar-refractivity contribution is -0.145. The number of hydrogen-bond donors (Lipinski definition) is 1. The van der Waals surface area contributed by atoms with E-state index in [1.807, 2.05) is 7.05 Å². The summed E-state index contributed by atoms with van der Waals surface area (Å²) in [6.07, 6.45) is 7.22. The van der Waals surface area contributed by atoms with Crippen molar-refractivity contribution in [1.29, 1.82) is 0 Å². The van der Waals surface area contributed by atoms with E-state index in [0.29, 0.717) is 12.1 Å². The lowest BCUT2D eigenvalue weighted by atomic mass is 9.83. The molecule has 0 saturated heterocycles. The monoisotopic (exact) mass is 227 g/mol. The van der Waals surface area contributed by atoms with Gasteiger partial charge in [-0.1, -0.05) is 19.3 Å². The molecule has 2 aliphatic carbocycles. The molecule has 3 unspecified atom stereocenters. The Hall–Kier alpha value is -0.120. The van der Waals surface area contributed by atoms with Crippen LogP contribution in [0.5, 0.6) is 0 Å². The summed E-state index contributed by atoms with van der Waals surface area (Å²) in [4.78, 5) is 0. The molecule has 2 fully saturated rings. The summed E-state index contributed by atoms with van der Waals surface area (Å²) < 4.78 is 11.6. The average molecular weight is 227 g/mol. The Bertz CT molecular complexity index is 206. The Morgan fingerprint density at radius 1 is 1.25 bits per heavy atom. The Balaban J connectivity index is 1.61. The van der Waals surface area contributed by atoms with Crippen LogP contribution in [0.4, 0.5) is 0 Å². The lowest BCUT2D eigenvalue weighted by Gasteiger charge is -2.43. The van der Waals surface area contributed by atoms with Gasteiger partial charge in [-0.15, -0.1) is 0 Å². The molecular weight excluding hydrogens is 202 g/mol. The van der Waals surface area contributed by atoms with Crippen molar-refractivity contribution in [3.05, 3.63) is 0 Å². The molecule has 0 amide bonds. The van der Waals surface area contributed by atoms with E-state index in [-0.39, 0.29) is 6.10 Å². The molecule has 2 saturated carbocycles. The SMILES string of the molecule is CCOC1C(NC)CC1OCCC1CCC1. The van der Waals surface area contributed by atoms with Crippen LogP contribution < -0.4 is 5.32 Å². The molecule has 3 atom stereocenters. The maximum atomic E-state index is 5.92. The van der Waals surface area contributed by atoms with E-state index in [4.69, 9.17) is 9.47 Å². The fourth-order valence-corrected chi connectivity index (χ4v) is 2.61. The van der Waals surface area contributed by atoms with E-state index in [1.165, 1.54) is 25.7 Å². The summed E-state index contributed by atoms with van der Waals surface area (Å²) in [7, 11) is 2.00. The zero-order chi connectivity index (χ0) is 11.4. The molecule has 0 aromatic carbocycles. The minimum atomic E-state index is 0.274. The third kappa shape index (κ3) is 2.76. The van der Waals surface area contributed by atoms with Crippen LogP contribution in [0.15, 0.2) is 0 Å². The predicted octanol–water partition coefficient (Wildman–Crippen LogP) is 1.96. The van der Waals surface area contributed by atoms with Gasteiger partial charge in [0.2, 0.25) is 0 Å². The van der Waals surface area contributed by atoms with Crippen LogP contribution in [-0.2, 0) is 9.47 Å². The quantitative estimate of drug-likeness (QED) is 0.721. The highest BCUT2D eigenvalue weighted by Gasteiger charge is 2.41. The van der Waals surface area contributed by atoms with Gasteiger partial charge in [0.1, 0.15) is 0 Å². The van der Waals surface area contributed by atoms with Crippen molar-refractivity contribution in [2.24, 2.45) is 5.92 Å². The molecule has 16 heavy (non-hydrogen) atoms. The van der Waals surface area contributed by atoms with Crippen molar-refractivity contribution in [1.82, 2.24) is 5.32 Å². The molecule has 0 spiro atoms. The Morgan fingerprint density at radius 2 is 2.06 bits per heavy atom. The van der Waals surface area contributed by atoms with Crippen molar-refractivity contribution in [3.63, 3.8) is 0 Å². The second-order valence-electron chi connectivity index (χ2n) is 5.05. The standard InChI is InChI=1S/C13H25NO2/c1-3-15-13-11(14-2)9-12(13)16-8-7-10-5-4-6-10/h10-14H,3-9H2,1-2H3. The molecule has 2 rings (SSSR count). The second-order valence-corrected chi connectivity index (χ2v) is 5.05. The third-order valence-electron chi connectivity index (χ3n) is 4.06. The maximum absolute atomic E-state index is 5.92. The summed E-state index contributed by atoms with van der Waals surface area (Å²) in [6.45, 7) is 3.76. The van der Waals surface area contributed by atoms with Crippen molar-refractivity contribution < 1.29 is 9.47 Å². The van der Waals surface area contributed by atoms with Gasteiger partial charge in [0, 0.05) is 19.3 Å². The molecule has 0 aliphatic heterocycles. The van der Waals surface area contributed by atoms with Gasteiger partial charge in [0.05, 0.1) is 12.2 Å². The highest BCUT2D eigenvalue weighted by atomic mass is 16.5. The van der Waals surface area contributed by atoms with Crippen LogP contribution in [0, 0.1) is 5.92 Å². The molecule has 0 bridgehead atoms. The first-order valence-electron chi connectivity index (χ1n) is 6.75. The average Bonchev–Trinajstić information content (AvgIpc) is 2.21. The molecule has 0 heterocycles. The summed E-state index contributed by atoms with van der Waals surface area (Å²) in [6, 6.07) is 0.494. The molecule has 0 radical (unpaired) electrons. The van der Waals surface area contributed by atoms with Crippen LogP contribution in [0.1, 0.15) is 39.0 Å². The first-order chi connectivity index (χ1) is 7.85. The fourth-order valence-electron chi connectivity index (χ4n) is 2.61.